The highest BCUT2D eigenvalue weighted by molar-refractivity contribution is 5.81. The van der Waals surface area contributed by atoms with Crippen LogP contribution in [0.4, 0.5) is 0 Å². The highest BCUT2D eigenvalue weighted by Crippen LogP contribution is 2.16. The summed E-state index contributed by atoms with van der Waals surface area (Å²) in [6.45, 7) is 2.19. The molecule has 0 heterocycles. The van der Waals surface area contributed by atoms with Crippen LogP contribution in [-0.4, -0.2) is 18.5 Å². The maximum Gasteiger partial charge on any atom is 0.227 e. The lowest BCUT2D eigenvalue weighted by Gasteiger charge is -2.10. The van der Waals surface area contributed by atoms with Gasteiger partial charge in [-0.05, 0) is 13.3 Å². The van der Waals surface area contributed by atoms with Gasteiger partial charge in [-0.3, -0.25) is 4.79 Å². The van der Waals surface area contributed by atoms with Crippen LogP contribution in [0.1, 0.15) is 13.3 Å². The van der Waals surface area contributed by atoms with Gasteiger partial charge >= 0.3 is 0 Å². The summed E-state index contributed by atoms with van der Waals surface area (Å²) in [5, 5.41) is 11.2. The van der Waals surface area contributed by atoms with Gasteiger partial charge in [-0.25, -0.2) is 0 Å². The molecule has 1 aliphatic carbocycles. The molecule has 1 rings (SSSR count). The van der Waals surface area contributed by atoms with E-state index in [2.05, 4.69) is 11.4 Å². The second kappa shape index (κ2) is 4.77. The predicted molar refractivity (Wildman–Crippen MR) is 53.0 cm³/mol. The SMILES string of the molecule is CC(C#N)CNC(=O)C1C=CC(N)C1. The van der Waals surface area contributed by atoms with Crippen LogP contribution in [0.25, 0.3) is 0 Å². The number of nitrogens with one attached hydrogen (secondary N) is 1. The average Bonchev–Trinajstić information content (AvgIpc) is 2.60. The fraction of sp³-hybridized carbons (Fsp3) is 0.600. The van der Waals surface area contributed by atoms with Crippen molar-refractivity contribution in [1.82, 2.24) is 5.32 Å². The molecule has 3 unspecified atom stereocenters. The normalized spacial score (nSPS) is 26.9. The lowest BCUT2D eigenvalue weighted by Crippen LogP contribution is -2.33. The monoisotopic (exact) mass is 193 g/mol. The van der Waals surface area contributed by atoms with Gasteiger partial charge in [-0.2, -0.15) is 5.26 Å². The third kappa shape index (κ3) is 2.86. The summed E-state index contributed by atoms with van der Waals surface area (Å²) in [5.41, 5.74) is 5.63. The van der Waals surface area contributed by atoms with E-state index in [1.54, 1.807) is 6.92 Å². The molecule has 3 atom stereocenters. The minimum absolute atomic E-state index is 0.000796. The first-order valence-electron chi connectivity index (χ1n) is 4.74. The van der Waals surface area contributed by atoms with Gasteiger partial charge in [0.05, 0.1) is 17.9 Å². The number of rotatable bonds is 3. The number of hydrogen-bond donors (Lipinski definition) is 2. The van der Waals surface area contributed by atoms with Crippen LogP contribution in [0.3, 0.4) is 0 Å². The minimum Gasteiger partial charge on any atom is -0.354 e. The van der Waals surface area contributed by atoms with E-state index in [1.165, 1.54) is 0 Å². The molecule has 14 heavy (non-hydrogen) atoms. The Balaban J connectivity index is 2.30. The number of carbonyl (C=O) groups is 1. The van der Waals surface area contributed by atoms with Crippen LogP contribution >= 0.6 is 0 Å². The van der Waals surface area contributed by atoms with E-state index in [9.17, 15) is 4.79 Å². The van der Waals surface area contributed by atoms with Crippen LogP contribution in [-0.2, 0) is 4.79 Å². The zero-order chi connectivity index (χ0) is 10.6. The lowest BCUT2D eigenvalue weighted by molar-refractivity contribution is -0.123. The maximum atomic E-state index is 11.5. The molecule has 0 aliphatic heterocycles. The van der Waals surface area contributed by atoms with E-state index in [0.29, 0.717) is 13.0 Å². The fourth-order valence-electron chi connectivity index (χ4n) is 1.35. The molecule has 1 amide bonds. The van der Waals surface area contributed by atoms with Gasteiger partial charge in [0.25, 0.3) is 0 Å². The topological polar surface area (TPSA) is 78.9 Å². The van der Waals surface area contributed by atoms with Gasteiger partial charge in [0.15, 0.2) is 0 Å². The molecular formula is C10H15N3O. The van der Waals surface area contributed by atoms with Gasteiger partial charge in [0.2, 0.25) is 5.91 Å². The molecule has 0 radical (unpaired) electrons. The molecule has 76 valence electrons. The van der Waals surface area contributed by atoms with Gasteiger partial charge < -0.3 is 11.1 Å². The largest absolute Gasteiger partial charge is 0.354 e. The standard InChI is InChI=1S/C10H15N3O/c1-7(5-11)6-13-10(14)8-2-3-9(12)4-8/h2-3,7-9H,4,6,12H2,1H3,(H,13,14). The van der Waals surface area contributed by atoms with Gasteiger partial charge in [0.1, 0.15) is 0 Å². The third-order valence-corrected chi connectivity index (χ3v) is 2.26. The molecule has 4 nitrogen and oxygen atoms in total. The van der Waals surface area contributed by atoms with Crippen molar-refractivity contribution >= 4 is 5.91 Å². The lowest BCUT2D eigenvalue weighted by atomic mass is 10.1. The number of nitrogens with zero attached hydrogens (tertiary/aromatic N) is 1. The van der Waals surface area contributed by atoms with E-state index in [1.807, 2.05) is 12.2 Å². The first-order chi connectivity index (χ1) is 6.63. The molecule has 0 aromatic rings. The summed E-state index contributed by atoms with van der Waals surface area (Å²) in [7, 11) is 0. The fourth-order valence-corrected chi connectivity index (χ4v) is 1.35. The van der Waals surface area contributed by atoms with Crippen LogP contribution in [0.15, 0.2) is 12.2 Å². The number of nitriles is 1. The Morgan fingerprint density at radius 1 is 1.79 bits per heavy atom. The van der Waals surface area contributed by atoms with E-state index < -0.39 is 0 Å². The second-order valence-corrected chi connectivity index (χ2v) is 3.67. The van der Waals surface area contributed by atoms with Crippen molar-refractivity contribution in [3.63, 3.8) is 0 Å². The first kappa shape index (κ1) is 10.7. The Labute approximate surface area is 83.8 Å². The van der Waals surface area contributed by atoms with Crippen molar-refractivity contribution in [2.45, 2.75) is 19.4 Å². The molecule has 1 aliphatic rings. The smallest absolute Gasteiger partial charge is 0.227 e. The molecule has 0 fully saturated rings. The Morgan fingerprint density at radius 2 is 2.50 bits per heavy atom. The van der Waals surface area contributed by atoms with Gasteiger partial charge in [-0.15, -0.1) is 0 Å². The van der Waals surface area contributed by atoms with Crippen LogP contribution in [0.2, 0.25) is 0 Å². The van der Waals surface area contributed by atoms with Crippen molar-refractivity contribution in [1.29, 1.82) is 5.26 Å². The third-order valence-electron chi connectivity index (χ3n) is 2.26. The van der Waals surface area contributed by atoms with Crippen molar-refractivity contribution in [3.8, 4) is 6.07 Å². The second-order valence-electron chi connectivity index (χ2n) is 3.67. The van der Waals surface area contributed by atoms with E-state index in [-0.39, 0.29) is 23.8 Å². The number of amides is 1. The molecule has 4 heteroatoms. The molecule has 3 N–H and O–H groups in total. The summed E-state index contributed by atoms with van der Waals surface area (Å²) in [6, 6.07) is 2.06. The van der Waals surface area contributed by atoms with Crippen LogP contribution in [0.5, 0.6) is 0 Å². The van der Waals surface area contributed by atoms with Crippen molar-refractivity contribution < 1.29 is 4.79 Å². The van der Waals surface area contributed by atoms with E-state index in [4.69, 9.17) is 11.0 Å². The van der Waals surface area contributed by atoms with E-state index in [0.717, 1.165) is 0 Å². The van der Waals surface area contributed by atoms with Gasteiger partial charge in [0, 0.05) is 12.6 Å². The van der Waals surface area contributed by atoms with Crippen LogP contribution in [0, 0.1) is 23.2 Å². The van der Waals surface area contributed by atoms with Crippen molar-refractivity contribution in [2.24, 2.45) is 17.6 Å². The summed E-state index contributed by atoms with van der Waals surface area (Å²) >= 11 is 0. The molecule has 0 aromatic heterocycles. The van der Waals surface area contributed by atoms with Crippen molar-refractivity contribution in [3.05, 3.63) is 12.2 Å². The molecule has 0 saturated carbocycles. The molecule has 0 aromatic carbocycles. The Kier molecular flexibility index (Phi) is 3.66. The highest BCUT2D eigenvalue weighted by Gasteiger charge is 2.22. The summed E-state index contributed by atoms with van der Waals surface area (Å²) < 4.78 is 0. The summed E-state index contributed by atoms with van der Waals surface area (Å²) in [4.78, 5) is 11.5. The first-order valence-corrected chi connectivity index (χ1v) is 4.74. The molecule has 0 spiro atoms. The molecular weight excluding hydrogens is 178 g/mol. The predicted octanol–water partition coefficient (Wildman–Crippen LogP) is 0.166. The zero-order valence-corrected chi connectivity index (χ0v) is 8.23. The Morgan fingerprint density at radius 3 is 3.00 bits per heavy atom. The Hall–Kier alpha value is -1.34. The number of nitrogens with two attached hydrogens (primary N) is 1. The quantitative estimate of drug-likeness (QED) is 0.627. The molecule has 0 bridgehead atoms. The number of hydrogen-bond acceptors (Lipinski definition) is 3. The number of carbonyl (C=O) groups excluding carboxylic acids is 1. The zero-order valence-electron chi connectivity index (χ0n) is 8.23. The Bertz CT molecular complexity index is 280. The van der Waals surface area contributed by atoms with E-state index >= 15 is 0 Å². The van der Waals surface area contributed by atoms with Crippen LogP contribution < -0.4 is 11.1 Å². The summed E-state index contributed by atoms with van der Waals surface area (Å²) in [6.07, 6.45) is 4.35. The summed E-state index contributed by atoms with van der Waals surface area (Å²) in [5.74, 6) is -0.287. The van der Waals surface area contributed by atoms with Gasteiger partial charge in [-0.1, -0.05) is 12.2 Å². The minimum atomic E-state index is -0.141. The average molecular weight is 193 g/mol. The highest BCUT2D eigenvalue weighted by atomic mass is 16.1. The molecule has 0 saturated heterocycles. The maximum absolute atomic E-state index is 11.5. The van der Waals surface area contributed by atoms with Crippen molar-refractivity contribution in [2.75, 3.05) is 6.54 Å².